The Balaban J connectivity index is 2.09. The van der Waals surface area contributed by atoms with Crippen LogP contribution in [0.4, 0.5) is 17.3 Å². The lowest BCUT2D eigenvalue weighted by Crippen LogP contribution is -2.06. The van der Waals surface area contributed by atoms with E-state index in [0.717, 1.165) is 27.8 Å². The van der Waals surface area contributed by atoms with Crippen molar-refractivity contribution in [1.29, 1.82) is 0 Å². The molecule has 0 radical (unpaired) electrons. The van der Waals surface area contributed by atoms with Crippen LogP contribution in [-0.4, -0.2) is 15.0 Å². The number of nitrogens with one attached hydrogen (secondary N) is 1. The number of nitrogen functional groups attached to an aromatic ring is 1. The van der Waals surface area contributed by atoms with E-state index in [1.165, 1.54) is 6.33 Å². The van der Waals surface area contributed by atoms with Gasteiger partial charge in [-0.3, -0.25) is 4.98 Å². The third-order valence-corrected chi connectivity index (χ3v) is 3.43. The van der Waals surface area contributed by atoms with Gasteiger partial charge in [0.1, 0.15) is 18.0 Å². The number of nitrogens with two attached hydrogens (primary N) is 1. The number of nitrogens with zero attached hydrogens (tertiary/aromatic N) is 3. The summed E-state index contributed by atoms with van der Waals surface area (Å²) in [5, 5.41) is 5.54. The second-order valence-electron chi connectivity index (χ2n) is 5.20. The van der Waals surface area contributed by atoms with E-state index in [0.29, 0.717) is 5.82 Å². The van der Waals surface area contributed by atoms with Gasteiger partial charge in [-0.05, 0) is 23.4 Å². The summed E-state index contributed by atoms with van der Waals surface area (Å²) in [7, 11) is 0. The Bertz CT molecular complexity index is 777. The molecule has 0 saturated carbocycles. The number of hydrogen-bond acceptors (Lipinski definition) is 5. The lowest BCUT2D eigenvalue weighted by atomic mass is 10.0. The normalized spacial score (nSPS) is 11.0. The minimum Gasteiger partial charge on any atom is -0.383 e. The van der Waals surface area contributed by atoms with Gasteiger partial charge in [-0.15, -0.1) is 0 Å². The Morgan fingerprint density at radius 3 is 2.81 bits per heavy atom. The van der Waals surface area contributed by atoms with E-state index >= 15 is 0 Å². The van der Waals surface area contributed by atoms with Crippen molar-refractivity contribution in [2.24, 2.45) is 0 Å². The first-order chi connectivity index (χ1) is 10.2. The van der Waals surface area contributed by atoms with Crippen LogP contribution in [0.2, 0.25) is 0 Å². The van der Waals surface area contributed by atoms with Crippen molar-refractivity contribution in [2.45, 2.75) is 19.8 Å². The average molecular weight is 279 g/mol. The van der Waals surface area contributed by atoms with E-state index in [9.17, 15) is 0 Å². The average Bonchev–Trinajstić information content (AvgIpc) is 2.47. The van der Waals surface area contributed by atoms with E-state index in [-0.39, 0.29) is 5.92 Å². The fourth-order valence-corrected chi connectivity index (χ4v) is 2.43. The molecule has 0 bridgehead atoms. The van der Waals surface area contributed by atoms with E-state index in [4.69, 9.17) is 5.73 Å². The van der Waals surface area contributed by atoms with Crippen LogP contribution < -0.4 is 11.1 Å². The third kappa shape index (κ3) is 2.50. The highest BCUT2D eigenvalue weighted by atomic mass is 15.0. The van der Waals surface area contributed by atoms with Gasteiger partial charge < -0.3 is 11.1 Å². The number of benzene rings is 1. The first-order valence-corrected chi connectivity index (χ1v) is 6.87. The smallest absolute Gasteiger partial charge is 0.139 e. The molecule has 0 aliphatic rings. The van der Waals surface area contributed by atoms with Gasteiger partial charge in [-0.2, -0.15) is 0 Å². The van der Waals surface area contributed by atoms with Crippen molar-refractivity contribution < 1.29 is 0 Å². The van der Waals surface area contributed by atoms with Crippen LogP contribution in [0.25, 0.3) is 10.8 Å². The molecule has 21 heavy (non-hydrogen) atoms. The summed E-state index contributed by atoms with van der Waals surface area (Å²) in [6.45, 7) is 4.15. The molecule has 3 N–H and O–H groups in total. The maximum atomic E-state index is 5.99. The summed E-state index contributed by atoms with van der Waals surface area (Å²) < 4.78 is 0. The summed E-state index contributed by atoms with van der Waals surface area (Å²) in [4.78, 5) is 12.6. The van der Waals surface area contributed by atoms with Crippen molar-refractivity contribution >= 4 is 28.1 Å². The maximum Gasteiger partial charge on any atom is 0.139 e. The number of fused-ring (bicyclic) bond motifs is 1. The fourth-order valence-electron chi connectivity index (χ4n) is 2.43. The van der Waals surface area contributed by atoms with E-state index in [1.54, 1.807) is 6.20 Å². The van der Waals surface area contributed by atoms with E-state index < -0.39 is 0 Å². The molecule has 0 spiro atoms. The number of hydrogen-bond donors (Lipinski definition) is 2. The first kappa shape index (κ1) is 13.3. The van der Waals surface area contributed by atoms with Crippen LogP contribution in [-0.2, 0) is 0 Å². The van der Waals surface area contributed by atoms with Gasteiger partial charge in [0, 0.05) is 29.0 Å². The lowest BCUT2D eigenvalue weighted by Gasteiger charge is -2.15. The Hall–Kier alpha value is -2.69. The van der Waals surface area contributed by atoms with Gasteiger partial charge in [0.15, 0.2) is 0 Å². The summed E-state index contributed by atoms with van der Waals surface area (Å²) in [5.41, 5.74) is 7.87. The summed E-state index contributed by atoms with van der Waals surface area (Å²) in [6, 6.07) is 8.05. The minimum absolute atomic E-state index is 0.238. The predicted molar refractivity (Wildman–Crippen MR) is 85.6 cm³/mol. The van der Waals surface area contributed by atoms with Gasteiger partial charge in [0.2, 0.25) is 0 Å². The fraction of sp³-hybridized carbons (Fsp3) is 0.188. The molecule has 0 saturated heterocycles. The van der Waals surface area contributed by atoms with Crippen LogP contribution in [0.1, 0.15) is 25.3 Å². The zero-order valence-electron chi connectivity index (χ0n) is 12.0. The topological polar surface area (TPSA) is 76.7 Å². The molecule has 3 aromatic rings. The molecule has 3 rings (SSSR count). The zero-order chi connectivity index (χ0) is 14.8. The highest BCUT2D eigenvalue weighted by molar-refractivity contribution is 5.94. The van der Waals surface area contributed by atoms with Gasteiger partial charge in [0.25, 0.3) is 0 Å². The summed E-state index contributed by atoms with van der Waals surface area (Å²) in [6.07, 6.45) is 5.11. The van der Waals surface area contributed by atoms with Crippen molar-refractivity contribution in [3.63, 3.8) is 0 Å². The summed E-state index contributed by atoms with van der Waals surface area (Å²) >= 11 is 0. The van der Waals surface area contributed by atoms with E-state index in [2.05, 4.69) is 40.2 Å². The molecule has 0 amide bonds. The van der Waals surface area contributed by atoms with Gasteiger partial charge >= 0.3 is 0 Å². The quantitative estimate of drug-likeness (QED) is 0.767. The molecule has 5 nitrogen and oxygen atoms in total. The highest BCUT2D eigenvalue weighted by Crippen LogP contribution is 2.31. The second-order valence-corrected chi connectivity index (χ2v) is 5.20. The van der Waals surface area contributed by atoms with Crippen molar-refractivity contribution in [3.8, 4) is 0 Å². The van der Waals surface area contributed by atoms with Gasteiger partial charge in [0.05, 0.1) is 0 Å². The molecule has 0 aliphatic carbocycles. The SMILES string of the molecule is CC(C)c1c(N)ncnc1Nc1cccc2ccncc12. The van der Waals surface area contributed by atoms with Crippen LogP contribution in [0.15, 0.2) is 43.0 Å². The Kier molecular flexibility index (Phi) is 3.39. The third-order valence-electron chi connectivity index (χ3n) is 3.43. The second kappa shape index (κ2) is 5.36. The van der Waals surface area contributed by atoms with Gasteiger partial charge in [-0.25, -0.2) is 9.97 Å². The molecule has 0 aliphatic heterocycles. The molecule has 1 aromatic carbocycles. The number of rotatable bonds is 3. The first-order valence-electron chi connectivity index (χ1n) is 6.87. The molecular weight excluding hydrogens is 262 g/mol. The molecule has 2 aromatic heterocycles. The number of aromatic nitrogens is 3. The minimum atomic E-state index is 0.238. The maximum absolute atomic E-state index is 5.99. The zero-order valence-corrected chi connectivity index (χ0v) is 12.0. The monoisotopic (exact) mass is 279 g/mol. The molecule has 0 fully saturated rings. The Morgan fingerprint density at radius 2 is 2.00 bits per heavy atom. The molecule has 5 heteroatoms. The van der Waals surface area contributed by atoms with Crippen LogP contribution in [0.5, 0.6) is 0 Å². The van der Waals surface area contributed by atoms with Crippen molar-refractivity contribution in [1.82, 2.24) is 15.0 Å². The van der Waals surface area contributed by atoms with Crippen LogP contribution in [0.3, 0.4) is 0 Å². The molecule has 0 unspecified atom stereocenters. The van der Waals surface area contributed by atoms with Crippen LogP contribution >= 0.6 is 0 Å². The largest absolute Gasteiger partial charge is 0.383 e. The van der Waals surface area contributed by atoms with Crippen LogP contribution in [0, 0.1) is 0 Å². The Morgan fingerprint density at radius 1 is 1.14 bits per heavy atom. The lowest BCUT2D eigenvalue weighted by molar-refractivity contribution is 0.855. The van der Waals surface area contributed by atoms with E-state index in [1.807, 2.05) is 24.4 Å². The van der Waals surface area contributed by atoms with Gasteiger partial charge in [-0.1, -0.05) is 26.0 Å². The molecule has 2 heterocycles. The molecule has 0 atom stereocenters. The van der Waals surface area contributed by atoms with Crippen molar-refractivity contribution in [3.05, 3.63) is 48.5 Å². The Labute approximate surface area is 123 Å². The molecular formula is C16H17N5. The molecule has 106 valence electrons. The highest BCUT2D eigenvalue weighted by Gasteiger charge is 2.13. The number of anilines is 3. The number of pyridine rings is 1. The van der Waals surface area contributed by atoms with Crippen molar-refractivity contribution in [2.75, 3.05) is 11.1 Å². The summed E-state index contributed by atoms with van der Waals surface area (Å²) in [5.74, 6) is 1.50. The standard InChI is InChI=1S/C16H17N5/c1-10(2)14-15(17)19-9-20-16(14)21-13-5-3-4-11-6-7-18-8-12(11)13/h3-10H,1-2H3,(H3,17,19,20,21). The predicted octanol–water partition coefficient (Wildman–Crippen LogP) is 3.47.